The summed E-state index contributed by atoms with van der Waals surface area (Å²) in [6.45, 7) is 35.2. The summed E-state index contributed by atoms with van der Waals surface area (Å²) in [6, 6.07) is 1.58. The lowest BCUT2D eigenvalue weighted by molar-refractivity contribution is 0.145. The van der Waals surface area contributed by atoms with Crippen molar-refractivity contribution in [1.29, 1.82) is 0 Å². The summed E-state index contributed by atoms with van der Waals surface area (Å²) in [5.74, 6) is 0.335. The third kappa shape index (κ3) is 13.4. The van der Waals surface area contributed by atoms with Gasteiger partial charge in [0.15, 0.2) is 16.8 Å². The summed E-state index contributed by atoms with van der Waals surface area (Å²) in [7, 11) is -2.78. The smallest absolute Gasteiger partial charge is 0.281 e. The molecule has 0 rings (SSSR count). The van der Waals surface area contributed by atoms with Gasteiger partial charge in [0.1, 0.15) is 5.94 Å². The van der Waals surface area contributed by atoms with Crippen molar-refractivity contribution in [3.8, 4) is 0 Å². The second kappa shape index (κ2) is 18.0. The molecule has 0 radical (unpaired) electrons. The van der Waals surface area contributed by atoms with E-state index in [0.29, 0.717) is 49.9 Å². The van der Waals surface area contributed by atoms with Crippen molar-refractivity contribution in [1.82, 2.24) is 14.7 Å². The van der Waals surface area contributed by atoms with E-state index in [1.54, 1.807) is 0 Å². The van der Waals surface area contributed by atoms with E-state index >= 15 is 0 Å². The van der Waals surface area contributed by atoms with Crippen LogP contribution in [0.1, 0.15) is 109 Å². The van der Waals surface area contributed by atoms with Crippen molar-refractivity contribution in [2.24, 2.45) is 0 Å². The number of thioether (sulfide) groups is 1. The van der Waals surface area contributed by atoms with E-state index in [4.69, 9.17) is 13.7 Å². The third-order valence-corrected chi connectivity index (χ3v) is 15.8. The SMILES string of the molecule is CCC(CC)(CO[Si](C)(C)C(C)(C)C)NC(=O)SCOCCCOP(N(C(C)C)C(C)C)N(C(C)C)C(C)C. The summed E-state index contributed by atoms with van der Waals surface area (Å²) in [5.41, 5.74) is -0.345. The van der Waals surface area contributed by atoms with Crippen LogP contribution in [0.25, 0.3) is 0 Å². The van der Waals surface area contributed by atoms with Gasteiger partial charge in [-0.15, -0.1) is 0 Å². The summed E-state index contributed by atoms with van der Waals surface area (Å²) in [5, 5.41) is 3.34. The lowest BCUT2D eigenvalue weighted by atomic mass is 9.94. The zero-order chi connectivity index (χ0) is 30.6. The Hall–Kier alpha value is 0.267. The second-order valence-electron chi connectivity index (χ2n) is 13.2. The van der Waals surface area contributed by atoms with Crippen LogP contribution in [0.15, 0.2) is 0 Å². The lowest BCUT2D eigenvalue weighted by Gasteiger charge is -2.45. The van der Waals surface area contributed by atoms with Crippen LogP contribution in [0.4, 0.5) is 4.79 Å². The van der Waals surface area contributed by atoms with Crippen LogP contribution in [-0.4, -0.2) is 78.4 Å². The van der Waals surface area contributed by atoms with Crippen molar-refractivity contribution in [2.75, 3.05) is 25.8 Å². The number of rotatable bonds is 19. The molecular formula is C29H64N3O4PSSi. The Kier molecular flexibility index (Phi) is 18.2. The number of ether oxygens (including phenoxy) is 1. The molecule has 0 aliphatic carbocycles. The Balaban J connectivity index is 4.81. The fraction of sp³-hybridized carbons (Fsp3) is 0.966. The average molecular weight is 610 g/mol. The van der Waals surface area contributed by atoms with Gasteiger partial charge in [0.2, 0.25) is 0 Å². The van der Waals surface area contributed by atoms with Crippen LogP contribution in [0, 0.1) is 0 Å². The van der Waals surface area contributed by atoms with E-state index < -0.39 is 16.8 Å². The first-order chi connectivity index (χ1) is 17.9. The standard InChI is InChI=1S/C29H64N3O4PSSi/c1-16-29(17-2,21-36-39(14,15)28(11,12)13)30-27(33)38-22-34-19-18-20-35-37(31(23(3)4)24(5)6)32(25(7)8)26(9)10/h23-26H,16-22H2,1-15H3,(H,30,33). The Morgan fingerprint density at radius 2 is 1.33 bits per heavy atom. The molecule has 0 unspecified atom stereocenters. The second-order valence-corrected chi connectivity index (χ2v) is 20.6. The van der Waals surface area contributed by atoms with Crippen LogP contribution < -0.4 is 5.32 Å². The van der Waals surface area contributed by atoms with Gasteiger partial charge in [0.05, 0.1) is 18.8 Å². The molecule has 0 aromatic heterocycles. The highest BCUT2D eigenvalue weighted by Gasteiger charge is 2.40. The number of amides is 1. The zero-order valence-electron chi connectivity index (χ0n) is 28.1. The van der Waals surface area contributed by atoms with E-state index in [-0.39, 0.29) is 15.8 Å². The summed E-state index contributed by atoms with van der Waals surface area (Å²) >= 11 is 1.19. The van der Waals surface area contributed by atoms with Crippen LogP contribution in [0.5, 0.6) is 0 Å². The van der Waals surface area contributed by atoms with Crippen LogP contribution in [0.3, 0.4) is 0 Å². The summed E-state index contributed by atoms with van der Waals surface area (Å²) in [4.78, 5) is 12.8. The number of nitrogens with zero attached hydrogens (tertiary/aromatic N) is 2. The molecule has 39 heavy (non-hydrogen) atoms. The minimum absolute atomic E-state index is 0.0497. The predicted molar refractivity (Wildman–Crippen MR) is 175 cm³/mol. The molecule has 234 valence electrons. The Labute approximate surface area is 249 Å². The molecule has 0 fully saturated rings. The fourth-order valence-corrected chi connectivity index (χ4v) is 8.20. The molecule has 0 heterocycles. The molecule has 0 atom stereocenters. The van der Waals surface area contributed by atoms with Gasteiger partial charge in [0, 0.05) is 30.8 Å². The van der Waals surface area contributed by atoms with Crippen molar-refractivity contribution in [3.05, 3.63) is 0 Å². The molecule has 10 heteroatoms. The van der Waals surface area contributed by atoms with Gasteiger partial charge in [-0.25, -0.2) is 9.34 Å². The average Bonchev–Trinajstić information content (AvgIpc) is 2.79. The summed E-state index contributed by atoms with van der Waals surface area (Å²) < 4.78 is 23.9. The highest BCUT2D eigenvalue weighted by atomic mass is 32.2. The van der Waals surface area contributed by atoms with Crippen LogP contribution in [0.2, 0.25) is 18.1 Å². The molecule has 1 amide bonds. The lowest BCUT2D eigenvalue weighted by Crippen LogP contribution is -2.53. The van der Waals surface area contributed by atoms with Crippen LogP contribution in [-0.2, 0) is 13.7 Å². The van der Waals surface area contributed by atoms with E-state index in [1.807, 2.05) is 0 Å². The molecule has 0 aromatic rings. The van der Waals surface area contributed by atoms with Gasteiger partial charge in [-0.1, -0.05) is 34.6 Å². The molecule has 1 N–H and O–H groups in total. The van der Waals surface area contributed by atoms with E-state index in [9.17, 15) is 4.79 Å². The van der Waals surface area contributed by atoms with E-state index in [2.05, 4.69) is 118 Å². The highest BCUT2D eigenvalue weighted by Crippen LogP contribution is 2.50. The Morgan fingerprint density at radius 3 is 1.72 bits per heavy atom. The fourth-order valence-electron chi connectivity index (χ4n) is 4.15. The molecule has 0 saturated heterocycles. The molecule has 0 aliphatic rings. The molecule has 0 aliphatic heterocycles. The number of hydrogen-bond acceptors (Lipinski definition) is 7. The monoisotopic (exact) mass is 609 g/mol. The molecule has 0 spiro atoms. The van der Waals surface area contributed by atoms with Gasteiger partial charge < -0.3 is 19.0 Å². The number of carbonyl (C=O) groups is 1. The van der Waals surface area contributed by atoms with Gasteiger partial charge >= 0.3 is 0 Å². The van der Waals surface area contributed by atoms with Crippen LogP contribution >= 0.6 is 20.2 Å². The molecular weight excluding hydrogens is 545 g/mol. The van der Waals surface area contributed by atoms with Crippen molar-refractivity contribution in [2.45, 2.75) is 157 Å². The minimum atomic E-state index is -1.89. The quantitative estimate of drug-likeness (QED) is 0.0679. The minimum Gasteiger partial charge on any atom is -0.414 e. The topological polar surface area (TPSA) is 63.3 Å². The van der Waals surface area contributed by atoms with E-state index in [0.717, 1.165) is 19.3 Å². The zero-order valence-corrected chi connectivity index (χ0v) is 30.9. The van der Waals surface area contributed by atoms with Crippen molar-refractivity contribution in [3.63, 3.8) is 0 Å². The number of carbonyl (C=O) groups excluding carboxylic acids is 1. The predicted octanol–water partition coefficient (Wildman–Crippen LogP) is 8.86. The molecule has 0 aromatic carbocycles. The Bertz CT molecular complexity index is 650. The third-order valence-electron chi connectivity index (χ3n) is 7.66. The van der Waals surface area contributed by atoms with Gasteiger partial charge in [0.25, 0.3) is 5.24 Å². The molecule has 0 bridgehead atoms. The largest absolute Gasteiger partial charge is 0.414 e. The van der Waals surface area contributed by atoms with Gasteiger partial charge in [-0.3, -0.25) is 4.79 Å². The molecule has 7 nitrogen and oxygen atoms in total. The number of hydrogen-bond donors (Lipinski definition) is 1. The van der Waals surface area contributed by atoms with Crippen molar-refractivity contribution >= 4 is 33.8 Å². The first-order valence-electron chi connectivity index (χ1n) is 15.0. The maximum atomic E-state index is 12.8. The van der Waals surface area contributed by atoms with Gasteiger partial charge in [-0.05, 0) is 105 Å². The molecule has 0 saturated carbocycles. The normalized spacial score (nSPS) is 13.8. The number of nitrogens with one attached hydrogen (secondary N) is 1. The maximum absolute atomic E-state index is 12.8. The first kappa shape index (κ1) is 39.3. The maximum Gasteiger partial charge on any atom is 0.281 e. The summed E-state index contributed by atoms with van der Waals surface area (Å²) in [6.07, 6.45) is 2.46. The Morgan fingerprint density at radius 1 is 0.872 bits per heavy atom. The first-order valence-corrected chi connectivity index (χ1v) is 20.1. The van der Waals surface area contributed by atoms with Crippen molar-refractivity contribution < 1.29 is 18.5 Å². The highest BCUT2D eigenvalue weighted by molar-refractivity contribution is 8.13. The van der Waals surface area contributed by atoms with Gasteiger partial charge in [-0.2, -0.15) is 0 Å². The van der Waals surface area contributed by atoms with E-state index in [1.165, 1.54) is 11.8 Å².